The van der Waals surface area contributed by atoms with Gasteiger partial charge >= 0.3 is 0 Å². The Hall–Kier alpha value is -0.900. The molecule has 0 aliphatic rings. The highest BCUT2D eigenvalue weighted by Gasteiger charge is 2.17. The molecule has 0 saturated carbocycles. The van der Waals surface area contributed by atoms with Crippen molar-refractivity contribution in [1.82, 2.24) is 5.43 Å². The molecule has 3 nitrogen and oxygen atoms in total. The van der Waals surface area contributed by atoms with E-state index in [0.717, 1.165) is 19.3 Å². The minimum absolute atomic E-state index is 0.189. The minimum atomic E-state index is 0.189. The molecular formula is C13H22N2O. The van der Waals surface area contributed by atoms with Crippen molar-refractivity contribution in [3.05, 3.63) is 35.9 Å². The van der Waals surface area contributed by atoms with Crippen molar-refractivity contribution in [2.45, 2.75) is 38.3 Å². The van der Waals surface area contributed by atoms with E-state index in [0.29, 0.717) is 0 Å². The Morgan fingerprint density at radius 2 is 2.00 bits per heavy atom. The highest BCUT2D eigenvalue weighted by Crippen LogP contribution is 2.10. The quantitative estimate of drug-likeness (QED) is 0.547. The number of hydrogen-bond donors (Lipinski definition) is 2. The zero-order valence-corrected chi connectivity index (χ0v) is 10.1. The van der Waals surface area contributed by atoms with Crippen LogP contribution in [0.15, 0.2) is 30.3 Å². The van der Waals surface area contributed by atoms with Crippen LogP contribution in [0.1, 0.15) is 25.3 Å². The zero-order valence-electron chi connectivity index (χ0n) is 10.1. The lowest BCUT2D eigenvalue weighted by atomic mass is 10.0. The fourth-order valence-electron chi connectivity index (χ4n) is 1.96. The van der Waals surface area contributed by atoms with Crippen LogP contribution in [-0.4, -0.2) is 19.3 Å². The van der Waals surface area contributed by atoms with Gasteiger partial charge in [-0.25, -0.2) is 0 Å². The van der Waals surface area contributed by atoms with Gasteiger partial charge < -0.3 is 4.74 Å². The minimum Gasteiger partial charge on any atom is -0.380 e. The van der Waals surface area contributed by atoms with Crippen LogP contribution >= 0.6 is 0 Å². The molecule has 2 unspecified atom stereocenters. The summed E-state index contributed by atoms with van der Waals surface area (Å²) >= 11 is 0. The topological polar surface area (TPSA) is 47.3 Å². The van der Waals surface area contributed by atoms with Gasteiger partial charge in [0.25, 0.3) is 0 Å². The average Bonchev–Trinajstić information content (AvgIpc) is 2.35. The molecule has 0 bridgehead atoms. The van der Waals surface area contributed by atoms with Crippen molar-refractivity contribution in [1.29, 1.82) is 0 Å². The van der Waals surface area contributed by atoms with E-state index in [4.69, 9.17) is 10.6 Å². The van der Waals surface area contributed by atoms with Crippen LogP contribution in [0.5, 0.6) is 0 Å². The van der Waals surface area contributed by atoms with Gasteiger partial charge in [-0.15, -0.1) is 0 Å². The molecule has 16 heavy (non-hydrogen) atoms. The van der Waals surface area contributed by atoms with Crippen LogP contribution in [0.3, 0.4) is 0 Å². The molecule has 1 aromatic carbocycles. The largest absolute Gasteiger partial charge is 0.380 e. The van der Waals surface area contributed by atoms with E-state index in [2.05, 4.69) is 36.6 Å². The highest BCUT2D eigenvalue weighted by atomic mass is 16.5. The van der Waals surface area contributed by atoms with Crippen LogP contribution in [0.4, 0.5) is 0 Å². The summed E-state index contributed by atoms with van der Waals surface area (Å²) in [7, 11) is 1.74. The summed E-state index contributed by atoms with van der Waals surface area (Å²) in [5.74, 6) is 5.56. The van der Waals surface area contributed by atoms with Gasteiger partial charge in [0.05, 0.1) is 6.10 Å². The monoisotopic (exact) mass is 222 g/mol. The van der Waals surface area contributed by atoms with E-state index < -0.39 is 0 Å². The van der Waals surface area contributed by atoms with Crippen molar-refractivity contribution >= 4 is 0 Å². The van der Waals surface area contributed by atoms with Crippen LogP contribution < -0.4 is 11.3 Å². The van der Waals surface area contributed by atoms with Crippen molar-refractivity contribution < 1.29 is 4.74 Å². The maximum absolute atomic E-state index is 5.56. The lowest BCUT2D eigenvalue weighted by molar-refractivity contribution is 0.0626. The number of benzene rings is 1. The van der Waals surface area contributed by atoms with E-state index in [1.165, 1.54) is 5.56 Å². The molecule has 2 atom stereocenters. The fraction of sp³-hybridized carbons (Fsp3) is 0.538. The standard InChI is InChI=1S/C13H22N2O/c1-3-13(16-2)12(15-14)10-9-11-7-5-4-6-8-11/h4-8,12-13,15H,3,9-10,14H2,1-2H3. The first-order chi connectivity index (χ1) is 7.81. The number of hydrogen-bond acceptors (Lipinski definition) is 3. The molecule has 1 rings (SSSR count). The molecule has 3 N–H and O–H groups in total. The van der Waals surface area contributed by atoms with Gasteiger partial charge in [0.2, 0.25) is 0 Å². The van der Waals surface area contributed by atoms with Crippen LogP contribution in [0.2, 0.25) is 0 Å². The maximum Gasteiger partial charge on any atom is 0.0735 e. The first-order valence-corrected chi connectivity index (χ1v) is 5.84. The number of aryl methyl sites for hydroxylation is 1. The number of rotatable bonds is 7. The van der Waals surface area contributed by atoms with Crippen molar-refractivity contribution in [2.24, 2.45) is 5.84 Å². The Kier molecular flexibility index (Phi) is 6.08. The third kappa shape index (κ3) is 3.93. The summed E-state index contributed by atoms with van der Waals surface area (Å²) in [5.41, 5.74) is 4.19. The molecule has 0 amide bonds. The molecule has 0 spiro atoms. The van der Waals surface area contributed by atoms with Gasteiger partial charge in [0, 0.05) is 13.2 Å². The number of nitrogens with two attached hydrogens (primary N) is 1. The molecular weight excluding hydrogens is 200 g/mol. The van der Waals surface area contributed by atoms with Crippen LogP contribution in [0.25, 0.3) is 0 Å². The maximum atomic E-state index is 5.56. The molecule has 90 valence electrons. The first kappa shape index (κ1) is 13.2. The number of methoxy groups -OCH3 is 1. The second-order valence-electron chi connectivity index (χ2n) is 3.98. The second-order valence-corrected chi connectivity index (χ2v) is 3.98. The molecule has 0 fully saturated rings. The summed E-state index contributed by atoms with van der Waals surface area (Å²) in [5, 5.41) is 0. The number of hydrazine groups is 1. The predicted octanol–water partition coefficient (Wildman–Crippen LogP) is 1.88. The molecule has 0 aromatic heterocycles. The molecule has 0 radical (unpaired) electrons. The predicted molar refractivity (Wildman–Crippen MR) is 67.0 cm³/mol. The highest BCUT2D eigenvalue weighted by molar-refractivity contribution is 5.14. The molecule has 0 heterocycles. The van der Waals surface area contributed by atoms with Gasteiger partial charge in [-0.3, -0.25) is 11.3 Å². The Morgan fingerprint density at radius 1 is 1.31 bits per heavy atom. The Bertz CT molecular complexity index is 273. The number of ether oxygens (including phenoxy) is 1. The Labute approximate surface area is 98.0 Å². The summed E-state index contributed by atoms with van der Waals surface area (Å²) in [4.78, 5) is 0. The molecule has 0 aliphatic carbocycles. The smallest absolute Gasteiger partial charge is 0.0735 e. The SMILES string of the molecule is CCC(OC)C(CCc1ccccc1)NN. The zero-order chi connectivity index (χ0) is 11.8. The summed E-state index contributed by atoms with van der Waals surface area (Å²) in [6.07, 6.45) is 3.18. The van der Waals surface area contributed by atoms with E-state index >= 15 is 0 Å². The molecule has 0 aliphatic heterocycles. The summed E-state index contributed by atoms with van der Waals surface area (Å²) < 4.78 is 5.40. The van der Waals surface area contributed by atoms with Crippen molar-refractivity contribution in [3.8, 4) is 0 Å². The normalized spacial score (nSPS) is 14.7. The van der Waals surface area contributed by atoms with Crippen LogP contribution in [0, 0.1) is 0 Å². The molecule has 0 saturated heterocycles. The van der Waals surface area contributed by atoms with E-state index in [1.807, 2.05) is 6.07 Å². The Morgan fingerprint density at radius 3 is 2.50 bits per heavy atom. The number of nitrogens with one attached hydrogen (secondary N) is 1. The van der Waals surface area contributed by atoms with Gasteiger partial charge in [0.1, 0.15) is 0 Å². The third-order valence-electron chi connectivity index (χ3n) is 2.95. The van der Waals surface area contributed by atoms with Crippen molar-refractivity contribution in [2.75, 3.05) is 7.11 Å². The van der Waals surface area contributed by atoms with E-state index in [1.54, 1.807) is 7.11 Å². The van der Waals surface area contributed by atoms with Crippen molar-refractivity contribution in [3.63, 3.8) is 0 Å². The average molecular weight is 222 g/mol. The fourth-order valence-corrected chi connectivity index (χ4v) is 1.96. The van der Waals surface area contributed by atoms with E-state index in [9.17, 15) is 0 Å². The first-order valence-electron chi connectivity index (χ1n) is 5.84. The summed E-state index contributed by atoms with van der Waals surface area (Å²) in [6.45, 7) is 2.11. The lowest BCUT2D eigenvalue weighted by Gasteiger charge is -2.24. The lowest BCUT2D eigenvalue weighted by Crippen LogP contribution is -2.44. The molecule has 3 heteroatoms. The van der Waals surface area contributed by atoms with Gasteiger partial charge in [-0.2, -0.15) is 0 Å². The van der Waals surface area contributed by atoms with Gasteiger partial charge in [-0.05, 0) is 24.8 Å². The van der Waals surface area contributed by atoms with Gasteiger partial charge in [-0.1, -0.05) is 37.3 Å². The van der Waals surface area contributed by atoms with E-state index in [-0.39, 0.29) is 12.1 Å². The third-order valence-corrected chi connectivity index (χ3v) is 2.95. The summed E-state index contributed by atoms with van der Waals surface area (Å²) in [6, 6.07) is 10.7. The molecule has 1 aromatic rings. The Balaban J connectivity index is 2.45. The van der Waals surface area contributed by atoms with Crippen LogP contribution in [-0.2, 0) is 11.2 Å². The second kappa shape index (κ2) is 7.39. The van der Waals surface area contributed by atoms with Gasteiger partial charge in [0.15, 0.2) is 0 Å².